The van der Waals surface area contributed by atoms with Crippen LogP contribution >= 0.6 is 11.8 Å². The summed E-state index contributed by atoms with van der Waals surface area (Å²) in [4.78, 5) is 22.2. The summed E-state index contributed by atoms with van der Waals surface area (Å²) in [6.07, 6.45) is 6.91. The predicted octanol–water partition coefficient (Wildman–Crippen LogP) is 2.21. The number of nitrogens with one attached hydrogen (secondary N) is 2. The van der Waals surface area contributed by atoms with Crippen LogP contribution in [0.1, 0.15) is 45.4 Å². The third-order valence-electron chi connectivity index (χ3n) is 3.48. The van der Waals surface area contributed by atoms with Crippen LogP contribution in [0.5, 0.6) is 0 Å². The van der Waals surface area contributed by atoms with Crippen molar-refractivity contribution < 1.29 is 14.7 Å². The second kappa shape index (κ2) is 8.30. The van der Waals surface area contributed by atoms with Gasteiger partial charge in [0.1, 0.15) is 0 Å². The van der Waals surface area contributed by atoms with E-state index in [0.29, 0.717) is 18.1 Å². The summed E-state index contributed by atoms with van der Waals surface area (Å²) < 4.78 is 0. The van der Waals surface area contributed by atoms with E-state index in [1.54, 1.807) is 0 Å². The van der Waals surface area contributed by atoms with Crippen molar-refractivity contribution in [3.63, 3.8) is 0 Å². The molecular formula is C13H24N2O3S. The molecule has 0 heterocycles. The van der Waals surface area contributed by atoms with Gasteiger partial charge in [-0.1, -0.05) is 6.42 Å². The lowest BCUT2D eigenvalue weighted by atomic mass is 10.1. The normalized spacial score (nSPS) is 23.9. The molecule has 0 aromatic rings. The zero-order valence-electron chi connectivity index (χ0n) is 11.6. The summed E-state index contributed by atoms with van der Waals surface area (Å²) in [5, 5.41) is 15.0. The molecule has 3 N–H and O–H groups in total. The smallest absolute Gasteiger partial charge is 0.315 e. The van der Waals surface area contributed by atoms with Crippen LogP contribution in [0, 0.1) is 0 Å². The number of carboxylic acid groups (broad SMARTS) is 1. The molecule has 3 unspecified atom stereocenters. The molecule has 0 radical (unpaired) electrons. The first-order valence-electron chi connectivity index (χ1n) is 6.84. The van der Waals surface area contributed by atoms with Crippen LogP contribution in [-0.4, -0.2) is 40.7 Å². The fraction of sp³-hybridized carbons (Fsp3) is 0.846. The second-order valence-corrected chi connectivity index (χ2v) is 6.19. The number of urea groups is 1. The predicted molar refractivity (Wildman–Crippen MR) is 77.6 cm³/mol. The minimum absolute atomic E-state index is 0.00785. The molecule has 1 rings (SSSR count). The zero-order chi connectivity index (χ0) is 14.3. The molecule has 1 aliphatic rings. The highest BCUT2D eigenvalue weighted by molar-refractivity contribution is 7.99. The Morgan fingerprint density at radius 1 is 1.42 bits per heavy atom. The van der Waals surface area contributed by atoms with Crippen molar-refractivity contribution in [2.75, 3.05) is 6.26 Å². The number of carboxylic acids is 1. The summed E-state index contributed by atoms with van der Waals surface area (Å²) >= 11 is 1.81. The van der Waals surface area contributed by atoms with Crippen molar-refractivity contribution in [3.8, 4) is 0 Å². The molecule has 1 aliphatic carbocycles. The molecule has 110 valence electrons. The lowest BCUT2D eigenvalue weighted by Crippen LogP contribution is -2.47. The topological polar surface area (TPSA) is 78.4 Å². The average Bonchev–Trinajstić information content (AvgIpc) is 2.75. The number of carbonyl (C=O) groups excluding carboxylic acids is 1. The van der Waals surface area contributed by atoms with Gasteiger partial charge >= 0.3 is 12.0 Å². The fourth-order valence-corrected chi connectivity index (χ4v) is 3.37. The van der Waals surface area contributed by atoms with Gasteiger partial charge in [0.25, 0.3) is 0 Å². The van der Waals surface area contributed by atoms with E-state index in [-0.39, 0.29) is 24.5 Å². The Bertz CT molecular complexity index is 312. The van der Waals surface area contributed by atoms with Crippen LogP contribution in [0.25, 0.3) is 0 Å². The monoisotopic (exact) mass is 288 g/mol. The summed E-state index contributed by atoms with van der Waals surface area (Å²) in [5.74, 6) is -0.787. The van der Waals surface area contributed by atoms with Crippen LogP contribution in [0.2, 0.25) is 0 Å². The molecule has 2 amide bonds. The van der Waals surface area contributed by atoms with E-state index in [4.69, 9.17) is 5.11 Å². The number of aliphatic carboxylic acids is 1. The highest BCUT2D eigenvalue weighted by Gasteiger charge is 2.27. The Labute approximate surface area is 118 Å². The molecule has 19 heavy (non-hydrogen) atoms. The Hall–Kier alpha value is -0.910. The molecule has 0 bridgehead atoms. The highest BCUT2D eigenvalue weighted by atomic mass is 32.2. The third-order valence-corrected chi connectivity index (χ3v) is 4.65. The van der Waals surface area contributed by atoms with Gasteiger partial charge in [-0.3, -0.25) is 4.79 Å². The molecule has 3 atom stereocenters. The lowest BCUT2D eigenvalue weighted by Gasteiger charge is -2.21. The minimum Gasteiger partial charge on any atom is -0.481 e. The van der Waals surface area contributed by atoms with Crippen LogP contribution in [0.3, 0.4) is 0 Å². The fourth-order valence-electron chi connectivity index (χ4n) is 2.44. The second-order valence-electron chi connectivity index (χ2n) is 5.12. The Morgan fingerprint density at radius 3 is 2.79 bits per heavy atom. The highest BCUT2D eigenvalue weighted by Crippen LogP contribution is 2.28. The lowest BCUT2D eigenvalue weighted by molar-refractivity contribution is -0.137. The molecule has 0 saturated heterocycles. The molecule has 0 aromatic carbocycles. The summed E-state index contributed by atoms with van der Waals surface area (Å²) in [7, 11) is 0. The summed E-state index contributed by atoms with van der Waals surface area (Å²) in [6.45, 7) is 1.90. The van der Waals surface area contributed by atoms with Crippen LogP contribution < -0.4 is 10.6 Å². The quantitative estimate of drug-likeness (QED) is 0.671. The first-order valence-corrected chi connectivity index (χ1v) is 8.13. The van der Waals surface area contributed by atoms with Crippen LogP contribution in [0.15, 0.2) is 0 Å². The van der Waals surface area contributed by atoms with E-state index >= 15 is 0 Å². The van der Waals surface area contributed by atoms with Gasteiger partial charge in [-0.15, -0.1) is 0 Å². The van der Waals surface area contributed by atoms with Crippen molar-refractivity contribution in [3.05, 3.63) is 0 Å². The molecule has 0 aromatic heterocycles. The molecule has 0 aliphatic heterocycles. The van der Waals surface area contributed by atoms with E-state index < -0.39 is 5.97 Å². The minimum atomic E-state index is -0.787. The van der Waals surface area contributed by atoms with Gasteiger partial charge in [0.15, 0.2) is 0 Å². The van der Waals surface area contributed by atoms with E-state index in [1.165, 1.54) is 12.8 Å². The van der Waals surface area contributed by atoms with Crippen molar-refractivity contribution >= 4 is 23.8 Å². The Kier molecular flexibility index (Phi) is 7.05. The van der Waals surface area contributed by atoms with Gasteiger partial charge in [-0.2, -0.15) is 11.8 Å². The number of hydrogen-bond acceptors (Lipinski definition) is 3. The summed E-state index contributed by atoms with van der Waals surface area (Å²) in [5.41, 5.74) is 0. The van der Waals surface area contributed by atoms with Gasteiger partial charge in [0, 0.05) is 23.8 Å². The van der Waals surface area contributed by atoms with E-state index in [1.807, 2.05) is 18.7 Å². The third kappa shape index (κ3) is 6.18. The number of thioether (sulfide) groups is 1. The number of hydrogen-bond donors (Lipinski definition) is 3. The average molecular weight is 288 g/mol. The zero-order valence-corrected chi connectivity index (χ0v) is 12.5. The Morgan fingerprint density at radius 2 is 2.16 bits per heavy atom. The molecule has 6 heteroatoms. The Balaban J connectivity index is 2.21. The SMILES string of the molecule is CSC1CCCC1NC(=O)NC(C)CCCC(=O)O. The van der Waals surface area contributed by atoms with Gasteiger partial charge in [-0.05, 0) is 38.9 Å². The van der Waals surface area contributed by atoms with E-state index in [9.17, 15) is 9.59 Å². The van der Waals surface area contributed by atoms with Gasteiger partial charge in [0.05, 0.1) is 0 Å². The van der Waals surface area contributed by atoms with Crippen molar-refractivity contribution in [1.29, 1.82) is 0 Å². The number of amides is 2. The number of carbonyl (C=O) groups is 2. The maximum Gasteiger partial charge on any atom is 0.315 e. The largest absolute Gasteiger partial charge is 0.481 e. The van der Waals surface area contributed by atoms with Gasteiger partial charge in [-0.25, -0.2) is 4.79 Å². The first kappa shape index (κ1) is 16.1. The van der Waals surface area contributed by atoms with E-state index in [0.717, 1.165) is 6.42 Å². The molecule has 1 saturated carbocycles. The first-order chi connectivity index (χ1) is 9.02. The van der Waals surface area contributed by atoms with Crippen molar-refractivity contribution in [2.45, 2.75) is 62.8 Å². The van der Waals surface area contributed by atoms with Gasteiger partial charge < -0.3 is 15.7 Å². The maximum atomic E-state index is 11.8. The standard InChI is InChI=1S/C13H24N2O3S/c1-9(5-3-8-12(16)17)14-13(18)15-10-6-4-7-11(10)19-2/h9-11H,3-8H2,1-2H3,(H,16,17)(H2,14,15,18). The van der Waals surface area contributed by atoms with Crippen molar-refractivity contribution in [1.82, 2.24) is 10.6 Å². The van der Waals surface area contributed by atoms with Crippen LogP contribution in [0.4, 0.5) is 4.79 Å². The van der Waals surface area contributed by atoms with Crippen LogP contribution in [-0.2, 0) is 4.79 Å². The van der Waals surface area contributed by atoms with Gasteiger partial charge in [0.2, 0.25) is 0 Å². The summed E-state index contributed by atoms with van der Waals surface area (Å²) in [6, 6.07) is 0.142. The molecular weight excluding hydrogens is 264 g/mol. The number of rotatable bonds is 7. The van der Waals surface area contributed by atoms with E-state index in [2.05, 4.69) is 16.9 Å². The maximum absolute atomic E-state index is 11.8. The van der Waals surface area contributed by atoms with Crippen molar-refractivity contribution in [2.24, 2.45) is 0 Å². The molecule has 0 spiro atoms. The molecule has 1 fully saturated rings. The molecule has 5 nitrogen and oxygen atoms in total.